The van der Waals surface area contributed by atoms with E-state index in [-0.39, 0.29) is 17.3 Å². The molecule has 2 aromatic carbocycles. The molecule has 0 saturated carbocycles. The first kappa shape index (κ1) is 20.0. The number of methoxy groups -OCH3 is 1. The topological polar surface area (TPSA) is 106 Å². The van der Waals surface area contributed by atoms with Crippen LogP contribution in [-0.4, -0.2) is 41.4 Å². The molecule has 0 aliphatic heterocycles. The standard InChI is InChI=1S/C20H19FN4O4/c1-28-9-10-29-16-7-5-14(6-8-16)24-20-22-12-17(21)18(25-20)23-15-4-2-3-13(11-15)19(26)27/h2-8,11-12H,9-10H2,1H3,(H,26,27)(H2,22,23,24,25). The lowest BCUT2D eigenvalue weighted by atomic mass is 10.2. The molecule has 0 aliphatic carbocycles. The number of aromatic nitrogens is 2. The number of nitrogens with one attached hydrogen (secondary N) is 2. The van der Waals surface area contributed by atoms with Gasteiger partial charge in [0.1, 0.15) is 12.4 Å². The molecule has 0 unspecified atom stereocenters. The quantitative estimate of drug-likeness (QED) is 0.467. The molecular weight excluding hydrogens is 379 g/mol. The Labute approximate surface area is 166 Å². The van der Waals surface area contributed by atoms with E-state index in [9.17, 15) is 9.18 Å². The maximum absolute atomic E-state index is 14.1. The Morgan fingerprint density at radius 2 is 1.90 bits per heavy atom. The van der Waals surface area contributed by atoms with E-state index in [1.165, 1.54) is 12.1 Å². The molecular formula is C20H19FN4O4. The van der Waals surface area contributed by atoms with Gasteiger partial charge in [0.25, 0.3) is 0 Å². The largest absolute Gasteiger partial charge is 0.491 e. The lowest BCUT2D eigenvalue weighted by molar-refractivity contribution is 0.0697. The molecule has 9 heteroatoms. The molecule has 0 radical (unpaired) electrons. The van der Waals surface area contributed by atoms with Gasteiger partial charge >= 0.3 is 5.97 Å². The molecule has 0 saturated heterocycles. The number of benzene rings is 2. The fourth-order valence-corrected chi connectivity index (χ4v) is 2.39. The van der Waals surface area contributed by atoms with Gasteiger partial charge in [-0.3, -0.25) is 0 Å². The number of carboxylic acids is 1. The molecule has 0 bridgehead atoms. The first-order valence-electron chi connectivity index (χ1n) is 8.67. The molecule has 0 spiro atoms. The van der Waals surface area contributed by atoms with Gasteiger partial charge in [-0.15, -0.1) is 0 Å². The van der Waals surface area contributed by atoms with Crippen molar-refractivity contribution >= 4 is 29.1 Å². The Morgan fingerprint density at radius 1 is 1.10 bits per heavy atom. The van der Waals surface area contributed by atoms with E-state index in [0.29, 0.717) is 30.3 Å². The highest BCUT2D eigenvalue weighted by Gasteiger charge is 2.10. The van der Waals surface area contributed by atoms with Crippen molar-refractivity contribution in [3.8, 4) is 5.75 Å². The molecule has 0 fully saturated rings. The number of halogens is 1. The first-order valence-corrected chi connectivity index (χ1v) is 8.67. The molecule has 3 N–H and O–H groups in total. The van der Waals surface area contributed by atoms with Crippen LogP contribution in [0.5, 0.6) is 5.75 Å². The summed E-state index contributed by atoms with van der Waals surface area (Å²) in [7, 11) is 1.60. The number of hydrogen-bond donors (Lipinski definition) is 3. The van der Waals surface area contributed by atoms with Crippen LogP contribution in [0.15, 0.2) is 54.7 Å². The van der Waals surface area contributed by atoms with E-state index in [4.69, 9.17) is 14.6 Å². The zero-order chi connectivity index (χ0) is 20.6. The predicted molar refractivity (Wildman–Crippen MR) is 106 cm³/mol. The van der Waals surface area contributed by atoms with Crippen LogP contribution < -0.4 is 15.4 Å². The van der Waals surface area contributed by atoms with Crippen LogP contribution in [0.3, 0.4) is 0 Å². The highest BCUT2D eigenvalue weighted by atomic mass is 19.1. The van der Waals surface area contributed by atoms with Crippen molar-refractivity contribution in [1.82, 2.24) is 9.97 Å². The predicted octanol–water partition coefficient (Wildman–Crippen LogP) is 3.83. The van der Waals surface area contributed by atoms with Gasteiger partial charge in [0.05, 0.1) is 18.4 Å². The molecule has 0 atom stereocenters. The lowest BCUT2D eigenvalue weighted by Gasteiger charge is -2.10. The second-order valence-electron chi connectivity index (χ2n) is 5.89. The van der Waals surface area contributed by atoms with E-state index < -0.39 is 11.8 Å². The third kappa shape index (κ3) is 5.63. The van der Waals surface area contributed by atoms with Gasteiger partial charge < -0.3 is 25.2 Å². The average Bonchev–Trinajstić information content (AvgIpc) is 2.72. The van der Waals surface area contributed by atoms with Gasteiger partial charge in [0.15, 0.2) is 11.6 Å². The zero-order valence-electron chi connectivity index (χ0n) is 15.6. The Balaban J connectivity index is 1.70. The molecule has 29 heavy (non-hydrogen) atoms. The maximum Gasteiger partial charge on any atom is 0.335 e. The monoisotopic (exact) mass is 398 g/mol. The summed E-state index contributed by atoms with van der Waals surface area (Å²) in [6.07, 6.45) is 1.03. The lowest BCUT2D eigenvalue weighted by Crippen LogP contribution is -2.05. The van der Waals surface area contributed by atoms with E-state index in [2.05, 4.69) is 20.6 Å². The van der Waals surface area contributed by atoms with E-state index >= 15 is 0 Å². The summed E-state index contributed by atoms with van der Waals surface area (Å²) in [6, 6.07) is 13.1. The van der Waals surface area contributed by atoms with Crippen molar-refractivity contribution in [2.24, 2.45) is 0 Å². The second kappa shape index (κ2) is 9.47. The summed E-state index contributed by atoms with van der Waals surface area (Å²) in [6.45, 7) is 0.941. The van der Waals surface area contributed by atoms with Crippen LogP contribution in [0, 0.1) is 5.82 Å². The van der Waals surface area contributed by atoms with Gasteiger partial charge in [0.2, 0.25) is 5.95 Å². The van der Waals surface area contributed by atoms with Crippen molar-refractivity contribution in [2.75, 3.05) is 31.0 Å². The van der Waals surface area contributed by atoms with E-state index in [1.807, 2.05) is 0 Å². The third-order valence-corrected chi connectivity index (χ3v) is 3.78. The van der Waals surface area contributed by atoms with Crippen molar-refractivity contribution in [3.05, 3.63) is 66.1 Å². The van der Waals surface area contributed by atoms with Crippen LogP contribution in [0.2, 0.25) is 0 Å². The number of anilines is 4. The number of carbonyl (C=O) groups is 1. The number of ether oxygens (including phenoxy) is 2. The van der Waals surface area contributed by atoms with E-state index in [0.717, 1.165) is 6.20 Å². The molecule has 0 amide bonds. The molecule has 0 aliphatic rings. The highest BCUT2D eigenvalue weighted by molar-refractivity contribution is 5.89. The first-order chi connectivity index (χ1) is 14.0. The van der Waals surface area contributed by atoms with Crippen LogP contribution >= 0.6 is 0 Å². The van der Waals surface area contributed by atoms with Gasteiger partial charge in [-0.2, -0.15) is 4.98 Å². The van der Waals surface area contributed by atoms with Crippen LogP contribution in [-0.2, 0) is 4.74 Å². The molecule has 1 aromatic heterocycles. The number of aromatic carboxylic acids is 1. The van der Waals surface area contributed by atoms with Gasteiger partial charge in [-0.25, -0.2) is 14.2 Å². The molecule has 150 valence electrons. The number of nitrogens with zero attached hydrogens (tertiary/aromatic N) is 2. The Morgan fingerprint density at radius 3 is 2.62 bits per heavy atom. The smallest absolute Gasteiger partial charge is 0.335 e. The molecule has 8 nitrogen and oxygen atoms in total. The minimum Gasteiger partial charge on any atom is -0.491 e. The fourth-order valence-electron chi connectivity index (χ4n) is 2.39. The number of rotatable bonds is 9. The summed E-state index contributed by atoms with van der Waals surface area (Å²) in [5.41, 5.74) is 1.16. The maximum atomic E-state index is 14.1. The van der Waals surface area contributed by atoms with Crippen molar-refractivity contribution in [2.45, 2.75) is 0 Å². The van der Waals surface area contributed by atoms with Gasteiger partial charge in [0, 0.05) is 18.5 Å². The van der Waals surface area contributed by atoms with Crippen LogP contribution in [0.25, 0.3) is 0 Å². The summed E-state index contributed by atoms with van der Waals surface area (Å²) in [5.74, 6) is -0.957. The van der Waals surface area contributed by atoms with Crippen LogP contribution in [0.1, 0.15) is 10.4 Å². The van der Waals surface area contributed by atoms with Gasteiger partial charge in [-0.05, 0) is 42.5 Å². The summed E-state index contributed by atoms with van der Waals surface area (Å²) >= 11 is 0. The zero-order valence-corrected chi connectivity index (χ0v) is 15.6. The average molecular weight is 398 g/mol. The molecule has 1 heterocycles. The number of hydrogen-bond acceptors (Lipinski definition) is 7. The summed E-state index contributed by atoms with van der Waals surface area (Å²) in [4.78, 5) is 19.1. The Hall–Kier alpha value is -3.72. The number of carboxylic acid groups (broad SMARTS) is 1. The molecule has 3 aromatic rings. The second-order valence-corrected chi connectivity index (χ2v) is 5.89. The van der Waals surface area contributed by atoms with Gasteiger partial charge in [-0.1, -0.05) is 6.07 Å². The van der Waals surface area contributed by atoms with E-state index in [1.54, 1.807) is 43.5 Å². The Bertz CT molecular complexity index is 982. The highest BCUT2D eigenvalue weighted by Crippen LogP contribution is 2.22. The minimum absolute atomic E-state index is 0.0791. The van der Waals surface area contributed by atoms with Crippen molar-refractivity contribution in [3.63, 3.8) is 0 Å². The summed E-state index contributed by atoms with van der Waals surface area (Å²) in [5, 5.41) is 14.8. The summed E-state index contributed by atoms with van der Waals surface area (Å²) < 4.78 is 24.5. The van der Waals surface area contributed by atoms with Crippen molar-refractivity contribution in [1.29, 1.82) is 0 Å². The van der Waals surface area contributed by atoms with Crippen LogP contribution in [0.4, 0.5) is 27.5 Å². The molecule has 3 rings (SSSR count). The Kier molecular flexibility index (Phi) is 6.54. The SMILES string of the molecule is COCCOc1ccc(Nc2ncc(F)c(Nc3cccc(C(=O)O)c3)n2)cc1. The third-order valence-electron chi connectivity index (χ3n) is 3.78. The fraction of sp³-hybridized carbons (Fsp3) is 0.150. The van der Waals surface area contributed by atoms with Crippen molar-refractivity contribution < 1.29 is 23.8 Å². The minimum atomic E-state index is -1.08. The normalized spacial score (nSPS) is 10.4.